The first kappa shape index (κ1) is 20.0. The molecule has 2 N–H and O–H groups in total. The molecular weight excluding hydrogens is 334 g/mol. The van der Waals surface area contributed by atoms with E-state index in [4.69, 9.17) is 4.74 Å². The van der Waals surface area contributed by atoms with Gasteiger partial charge in [-0.05, 0) is 39.9 Å². The zero-order valence-electron chi connectivity index (χ0n) is 15.8. The summed E-state index contributed by atoms with van der Waals surface area (Å²) in [6.07, 6.45) is 4.44. The van der Waals surface area contributed by atoms with Crippen molar-refractivity contribution in [2.45, 2.75) is 25.8 Å². The van der Waals surface area contributed by atoms with Crippen molar-refractivity contribution >= 4 is 17.7 Å². The Kier molecular flexibility index (Phi) is 7.65. The summed E-state index contributed by atoms with van der Waals surface area (Å²) in [7, 11) is 4.02. The second kappa shape index (κ2) is 9.96. The van der Waals surface area contributed by atoms with E-state index in [1.54, 1.807) is 24.2 Å². The Hall–Kier alpha value is -2.35. The number of rotatable bonds is 7. The van der Waals surface area contributed by atoms with E-state index in [1.165, 1.54) is 0 Å². The van der Waals surface area contributed by atoms with Crippen LogP contribution in [0.3, 0.4) is 0 Å². The average molecular weight is 363 g/mol. The molecule has 8 heteroatoms. The largest absolute Gasteiger partial charge is 0.450 e. The van der Waals surface area contributed by atoms with Gasteiger partial charge < -0.3 is 25.2 Å². The number of nitrogens with one attached hydrogen (secondary N) is 2. The number of hydrogen-bond donors (Lipinski definition) is 2. The van der Waals surface area contributed by atoms with Gasteiger partial charge >= 0.3 is 6.09 Å². The molecular formula is C18H29N5O3. The van der Waals surface area contributed by atoms with E-state index < -0.39 is 0 Å². The van der Waals surface area contributed by atoms with Gasteiger partial charge in [-0.15, -0.1) is 0 Å². The van der Waals surface area contributed by atoms with Crippen molar-refractivity contribution < 1.29 is 14.3 Å². The highest BCUT2D eigenvalue weighted by Crippen LogP contribution is 2.13. The fourth-order valence-corrected chi connectivity index (χ4v) is 2.77. The van der Waals surface area contributed by atoms with Crippen LogP contribution >= 0.6 is 0 Å². The van der Waals surface area contributed by atoms with Crippen LogP contribution in [0.2, 0.25) is 0 Å². The molecule has 0 aromatic carbocycles. The topological polar surface area (TPSA) is 86.8 Å². The summed E-state index contributed by atoms with van der Waals surface area (Å²) in [5.41, 5.74) is 1.37. The molecule has 0 aliphatic carbocycles. The van der Waals surface area contributed by atoms with Gasteiger partial charge in [0.15, 0.2) is 0 Å². The van der Waals surface area contributed by atoms with Gasteiger partial charge in [-0.2, -0.15) is 0 Å². The molecule has 0 saturated carbocycles. The van der Waals surface area contributed by atoms with Gasteiger partial charge in [-0.3, -0.25) is 9.78 Å². The highest BCUT2D eigenvalue weighted by Gasteiger charge is 2.24. The normalized spacial score (nSPS) is 15.0. The van der Waals surface area contributed by atoms with Crippen LogP contribution in [0, 0.1) is 0 Å². The van der Waals surface area contributed by atoms with E-state index in [1.807, 2.05) is 20.2 Å². The lowest BCUT2D eigenvalue weighted by molar-refractivity contribution is 0.0860. The molecule has 0 spiro atoms. The lowest BCUT2D eigenvalue weighted by Crippen LogP contribution is -2.46. The Bertz CT molecular complexity index is 600. The molecule has 0 bridgehead atoms. The van der Waals surface area contributed by atoms with Crippen LogP contribution in [-0.2, 0) is 4.74 Å². The summed E-state index contributed by atoms with van der Waals surface area (Å²) >= 11 is 0. The number of likely N-dealkylation sites (tertiary alicyclic amines) is 1. The SMILES string of the molecule is CCOC(=O)N1CCC(NC(=O)c2cncc(NCCN(C)C)c2)CC1. The van der Waals surface area contributed by atoms with E-state index in [-0.39, 0.29) is 18.0 Å². The Morgan fingerprint density at radius 1 is 1.31 bits per heavy atom. The molecule has 144 valence electrons. The number of hydrogen-bond acceptors (Lipinski definition) is 6. The Morgan fingerprint density at radius 2 is 2.04 bits per heavy atom. The maximum atomic E-state index is 12.5. The van der Waals surface area contributed by atoms with Gasteiger partial charge in [0, 0.05) is 44.6 Å². The van der Waals surface area contributed by atoms with Crippen LogP contribution in [0.4, 0.5) is 10.5 Å². The quantitative estimate of drug-likeness (QED) is 0.762. The first-order valence-corrected chi connectivity index (χ1v) is 9.05. The van der Waals surface area contributed by atoms with Crippen LogP contribution < -0.4 is 10.6 Å². The van der Waals surface area contributed by atoms with Crippen LogP contribution in [0.1, 0.15) is 30.1 Å². The fraction of sp³-hybridized carbons (Fsp3) is 0.611. The Morgan fingerprint density at radius 3 is 2.69 bits per heavy atom. The van der Waals surface area contributed by atoms with Crippen molar-refractivity contribution in [2.75, 3.05) is 52.2 Å². The number of amides is 2. The minimum absolute atomic E-state index is 0.0542. The molecule has 1 aromatic rings. The summed E-state index contributed by atoms with van der Waals surface area (Å²) in [5.74, 6) is -0.136. The summed E-state index contributed by atoms with van der Waals surface area (Å²) in [5, 5.41) is 6.30. The lowest BCUT2D eigenvalue weighted by atomic mass is 10.0. The molecule has 1 aliphatic rings. The molecule has 0 radical (unpaired) electrons. The fourth-order valence-electron chi connectivity index (χ4n) is 2.77. The smallest absolute Gasteiger partial charge is 0.409 e. The van der Waals surface area contributed by atoms with Crippen LogP contribution in [0.5, 0.6) is 0 Å². The summed E-state index contributed by atoms with van der Waals surface area (Å²) < 4.78 is 5.01. The molecule has 2 amide bonds. The molecule has 26 heavy (non-hydrogen) atoms. The molecule has 1 fully saturated rings. The van der Waals surface area contributed by atoms with Gasteiger partial charge in [0.25, 0.3) is 5.91 Å². The summed E-state index contributed by atoms with van der Waals surface area (Å²) in [6.45, 7) is 5.04. The van der Waals surface area contributed by atoms with Crippen LogP contribution in [0.25, 0.3) is 0 Å². The van der Waals surface area contributed by atoms with Gasteiger partial charge in [0.05, 0.1) is 17.9 Å². The monoisotopic (exact) mass is 363 g/mol. The third-order valence-corrected chi connectivity index (χ3v) is 4.24. The van der Waals surface area contributed by atoms with E-state index >= 15 is 0 Å². The lowest BCUT2D eigenvalue weighted by Gasteiger charge is -2.31. The third-order valence-electron chi connectivity index (χ3n) is 4.24. The number of pyridine rings is 1. The highest BCUT2D eigenvalue weighted by atomic mass is 16.6. The van der Waals surface area contributed by atoms with Crippen molar-refractivity contribution in [3.05, 3.63) is 24.0 Å². The van der Waals surface area contributed by atoms with Crippen LogP contribution in [0.15, 0.2) is 18.5 Å². The van der Waals surface area contributed by atoms with Gasteiger partial charge in [0.2, 0.25) is 0 Å². The first-order valence-electron chi connectivity index (χ1n) is 9.05. The number of nitrogens with zero attached hydrogens (tertiary/aromatic N) is 3. The molecule has 2 heterocycles. The van der Waals surface area contributed by atoms with Crippen molar-refractivity contribution in [1.82, 2.24) is 20.1 Å². The molecule has 2 rings (SSSR count). The number of piperidine rings is 1. The maximum absolute atomic E-state index is 12.5. The van der Waals surface area contributed by atoms with Crippen molar-refractivity contribution in [2.24, 2.45) is 0 Å². The van der Waals surface area contributed by atoms with E-state index in [9.17, 15) is 9.59 Å². The number of carbonyl (C=O) groups is 2. The second-order valence-corrected chi connectivity index (χ2v) is 6.63. The highest BCUT2D eigenvalue weighted by molar-refractivity contribution is 5.94. The minimum Gasteiger partial charge on any atom is -0.450 e. The molecule has 1 saturated heterocycles. The number of carbonyl (C=O) groups excluding carboxylic acids is 2. The van der Waals surface area contributed by atoms with Crippen LogP contribution in [-0.4, -0.2) is 79.7 Å². The number of anilines is 1. The maximum Gasteiger partial charge on any atom is 0.409 e. The predicted octanol–water partition coefficient (Wildman–Crippen LogP) is 1.41. The minimum atomic E-state index is -0.280. The standard InChI is InChI=1S/C18H29N5O3/c1-4-26-18(25)23-8-5-15(6-9-23)21-17(24)14-11-16(13-19-12-14)20-7-10-22(2)3/h11-13,15,20H,4-10H2,1-3H3,(H,21,24). The first-order chi connectivity index (χ1) is 12.5. The Labute approximate surface area is 154 Å². The third kappa shape index (κ3) is 6.18. The average Bonchev–Trinajstić information content (AvgIpc) is 2.62. The van der Waals surface area contributed by atoms with E-state index in [0.717, 1.165) is 31.6 Å². The van der Waals surface area contributed by atoms with Crippen molar-refractivity contribution in [3.8, 4) is 0 Å². The second-order valence-electron chi connectivity index (χ2n) is 6.63. The molecule has 8 nitrogen and oxygen atoms in total. The summed E-state index contributed by atoms with van der Waals surface area (Å²) in [6, 6.07) is 1.87. The van der Waals surface area contributed by atoms with Gasteiger partial charge in [0.1, 0.15) is 0 Å². The molecule has 0 atom stereocenters. The number of likely N-dealkylation sites (N-methyl/N-ethyl adjacent to an activating group) is 1. The van der Waals surface area contributed by atoms with Gasteiger partial charge in [-0.25, -0.2) is 4.79 Å². The predicted molar refractivity (Wildman–Crippen MR) is 100 cm³/mol. The molecule has 1 aliphatic heterocycles. The zero-order valence-corrected chi connectivity index (χ0v) is 15.8. The number of ether oxygens (including phenoxy) is 1. The zero-order chi connectivity index (χ0) is 18.9. The van der Waals surface area contributed by atoms with E-state index in [2.05, 4.69) is 20.5 Å². The van der Waals surface area contributed by atoms with E-state index in [0.29, 0.717) is 25.3 Å². The summed E-state index contributed by atoms with van der Waals surface area (Å²) in [4.78, 5) is 32.1. The molecule has 1 aromatic heterocycles. The Balaban J connectivity index is 1.82. The van der Waals surface area contributed by atoms with Gasteiger partial charge in [-0.1, -0.05) is 0 Å². The molecule has 0 unspecified atom stereocenters. The van der Waals surface area contributed by atoms with Crippen molar-refractivity contribution in [3.63, 3.8) is 0 Å². The number of aromatic nitrogens is 1. The van der Waals surface area contributed by atoms with Crippen molar-refractivity contribution in [1.29, 1.82) is 0 Å².